The van der Waals surface area contributed by atoms with Crippen molar-refractivity contribution < 1.29 is 19.0 Å². The van der Waals surface area contributed by atoms with Crippen LogP contribution < -0.4 is 20.1 Å². The summed E-state index contributed by atoms with van der Waals surface area (Å²) >= 11 is 0. The van der Waals surface area contributed by atoms with Crippen molar-refractivity contribution in [3.8, 4) is 11.5 Å². The minimum absolute atomic E-state index is 0. The van der Waals surface area contributed by atoms with Crippen LogP contribution in [0.3, 0.4) is 0 Å². The lowest BCUT2D eigenvalue weighted by Gasteiger charge is -2.15. The topological polar surface area (TPSA) is 75.1 Å². The summed E-state index contributed by atoms with van der Waals surface area (Å²) < 4.78 is 25.3. The van der Waals surface area contributed by atoms with Crippen molar-refractivity contribution in [3.63, 3.8) is 0 Å². The number of nitrogens with zero attached hydrogens (tertiary/aromatic N) is 1. The van der Waals surface area contributed by atoms with Gasteiger partial charge in [0, 0.05) is 36.2 Å². The van der Waals surface area contributed by atoms with Crippen molar-refractivity contribution in [2.24, 2.45) is 4.99 Å². The Kier molecular flexibility index (Phi) is 9.83. The molecule has 2 aromatic carbocycles. The van der Waals surface area contributed by atoms with Crippen LogP contribution in [0.2, 0.25) is 0 Å². The minimum Gasteiger partial charge on any atom is -0.494 e. The van der Waals surface area contributed by atoms with Crippen LogP contribution >= 0.6 is 24.0 Å². The van der Waals surface area contributed by atoms with Crippen LogP contribution in [0.25, 0.3) is 0 Å². The van der Waals surface area contributed by atoms with E-state index in [4.69, 9.17) is 9.47 Å². The van der Waals surface area contributed by atoms with E-state index in [2.05, 4.69) is 28.6 Å². The van der Waals surface area contributed by atoms with Crippen LogP contribution in [0.15, 0.2) is 35.3 Å². The third kappa shape index (κ3) is 6.70. The van der Waals surface area contributed by atoms with Crippen LogP contribution in [-0.4, -0.2) is 30.3 Å². The highest BCUT2D eigenvalue weighted by Crippen LogP contribution is 2.35. The molecule has 0 radical (unpaired) electrons. The number of guanidine groups is 1. The number of nitrogens with one attached hydrogen (secondary N) is 2. The zero-order chi connectivity index (χ0) is 21.5. The van der Waals surface area contributed by atoms with E-state index in [9.17, 15) is 9.50 Å². The van der Waals surface area contributed by atoms with Crippen molar-refractivity contribution >= 4 is 29.9 Å². The molecule has 1 atom stereocenters. The standard InChI is InChI=1S/C23H30FN3O3.HI/c1-4-25-23(26-12-16-6-7-20(24)19(9-16)14-28)27-13-18-11-22-17(8-15(3)30-22)10-21(18)29-5-2;/h6-7,9-11,15,28H,4-5,8,12-14H2,1-3H3,(H2,25,26,27);1H. The van der Waals surface area contributed by atoms with E-state index in [1.807, 2.05) is 19.9 Å². The van der Waals surface area contributed by atoms with E-state index in [0.717, 1.165) is 29.0 Å². The van der Waals surface area contributed by atoms with E-state index in [1.165, 1.54) is 11.6 Å². The second-order valence-electron chi connectivity index (χ2n) is 7.27. The van der Waals surface area contributed by atoms with Gasteiger partial charge in [-0.15, -0.1) is 24.0 Å². The fraction of sp³-hybridized carbons (Fsp3) is 0.435. The monoisotopic (exact) mass is 543 g/mol. The molecule has 1 aliphatic rings. The third-order valence-corrected chi connectivity index (χ3v) is 4.87. The smallest absolute Gasteiger partial charge is 0.191 e. The fourth-order valence-electron chi connectivity index (χ4n) is 3.45. The summed E-state index contributed by atoms with van der Waals surface area (Å²) in [5.74, 6) is 1.99. The molecule has 170 valence electrons. The third-order valence-electron chi connectivity index (χ3n) is 4.87. The lowest BCUT2D eigenvalue weighted by Crippen LogP contribution is -2.36. The quantitative estimate of drug-likeness (QED) is 0.268. The zero-order valence-electron chi connectivity index (χ0n) is 18.2. The minimum atomic E-state index is -0.410. The molecule has 0 saturated heterocycles. The highest BCUT2D eigenvalue weighted by Gasteiger charge is 2.22. The van der Waals surface area contributed by atoms with E-state index < -0.39 is 5.82 Å². The molecule has 2 aromatic rings. The molecule has 31 heavy (non-hydrogen) atoms. The van der Waals surface area contributed by atoms with Crippen molar-refractivity contribution in [1.82, 2.24) is 10.6 Å². The van der Waals surface area contributed by atoms with Gasteiger partial charge in [-0.1, -0.05) is 6.07 Å². The zero-order valence-corrected chi connectivity index (χ0v) is 20.5. The van der Waals surface area contributed by atoms with Gasteiger partial charge in [-0.25, -0.2) is 9.38 Å². The maximum atomic E-state index is 13.6. The van der Waals surface area contributed by atoms with Gasteiger partial charge in [-0.3, -0.25) is 0 Å². The van der Waals surface area contributed by atoms with Gasteiger partial charge in [0.25, 0.3) is 0 Å². The number of aliphatic hydroxyl groups excluding tert-OH is 1. The lowest BCUT2D eigenvalue weighted by molar-refractivity contribution is 0.254. The second-order valence-corrected chi connectivity index (χ2v) is 7.27. The normalized spacial score (nSPS) is 15.0. The van der Waals surface area contributed by atoms with E-state index in [0.29, 0.717) is 32.2 Å². The molecular formula is C23H31FIN3O3. The largest absolute Gasteiger partial charge is 0.494 e. The molecule has 0 spiro atoms. The van der Waals surface area contributed by atoms with Gasteiger partial charge in [0.2, 0.25) is 0 Å². The Morgan fingerprint density at radius 2 is 2.03 bits per heavy atom. The molecular weight excluding hydrogens is 512 g/mol. The molecule has 1 aliphatic heterocycles. The van der Waals surface area contributed by atoms with Gasteiger partial charge in [-0.05, 0) is 50.6 Å². The van der Waals surface area contributed by atoms with Gasteiger partial charge in [0.1, 0.15) is 23.4 Å². The van der Waals surface area contributed by atoms with Gasteiger partial charge in [-0.2, -0.15) is 0 Å². The molecule has 0 aromatic heterocycles. The number of halogens is 2. The number of rotatable bonds is 8. The van der Waals surface area contributed by atoms with E-state index >= 15 is 0 Å². The number of hydrogen-bond donors (Lipinski definition) is 3. The molecule has 0 saturated carbocycles. The van der Waals surface area contributed by atoms with Crippen LogP contribution in [0.5, 0.6) is 11.5 Å². The Hall–Kier alpha value is -2.07. The summed E-state index contributed by atoms with van der Waals surface area (Å²) in [6.07, 6.45) is 1.07. The van der Waals surface area contributed by atoms with Crippen LogP contribution in [-0.2, 0) is 26.1 Å². The lowest BCUT2D eigenvalue weighted by atomic mass is 10.1. The predicted molar refractivity (Wildman–Crippen MR) is 131 cm³/mol. The maximum Gasteiger partial charge on any atom is 0.191 e. The molecule has 1 unspecified atom stereocenters. The molecule has 0 aliphatic carbocycles. The van der Waals surface area contributed by atoms with Crippen molar-refractivity contribution in [1.29, 1.82) is 0 Å². The van der Waals surface area contributed by atoms with Crippen LogP contribution in [0.1, 0.15) is 43.0 Å². The first-order valence-electron chi connectivity index (χ1n) is 10.4. The summed E-state index contributed by atoms with van der Waals surface area (Å²) in [5, 5.41) is 15.8. The Morgan fingerprint density at radius 3 is 2.74 bits per heavy atom. The highest BCUT2D eigenvalue weighted by molar-refractivity contribution is 14.0. The first kappa shape index (κ1) is 25.2. The van der Waals surface area contributed by atoms with Gasteiger partial charge in [0.05, 0.1) is 19.8 Å². The first-order valence-corrected chi connectivity index (χ1v) is 10.4. The Balaban J connectivity index is 0.00000341. The SMILES string of the molecule is CCNC(=NCc1ccc(F)c(CO)c1)NCc1cc2c(cc1OCC)CC(C)O2.I. The molecule has 3 N–H and O–H groups in total. The van der Waals surface area contributed by atoms with Gasteiger partial charge in [0.15, 0.2) is 5.96 Å². The number of aliphatic imine (C=N–C) groups is 1. The Bertz CT molecular complexity index is 908. The number of hydrogen-bond acceptors (Lipinski definition) is 4. The average Bonchev–Trinajstić information content (AvgIpc) is 3.10. The summed E-state index contributed by atoms with van der Waals surface area (Å²) in [4.78, 5) is 4.58. The Morgan fingerprint density at radius 1 is 1.23 bits per heavy atom. The van der Waals surface area contributed by atoms with Crippen LogP contribution in [0.4, 0.5) is 4.39 Å². The average molecular weight is 543 g/mol. The summed E-state index contributed by atoms with van der Waals surface area (Å²) in [6.45, 7) is 7.89. The Labute approximate surface area is 200 Å². The van der Waals surface area contributed by atoms with Crippen LogP contribution in [0, 0.1) is 5.82 Å². The second kappa shape index (κ2) is 12.1. The molecule has 8 heteroatoms. The number of fused-ring (bicyclic) bond motifs is 1. The van der Waals surface area contributed by atoms with E-state index in [-0.39, 0.29) is 42.3 Å². The van der Waals surface area contributed by atoms with Gasteiger partial charge >= 0.3 is 0 Å². The summed E-state index contributed by atoms with van der Waals surface area (Å²) in [6, 6.07) is 8.77. The summed E-state index contributed by atoms with van der Waals surface area (Å²) in [7, 11) is 0. The highest BCUT2D eigenvalue weighted by atomic mass is 127. The van der Waals surface area contributed by atoms with Crippen molar-refractivity contribution in [2.45, 2.75) is 53.0 Å². The first-order chi connectivity index (χ1) is 14.5. The molecule has 6 nitrogen and oxygen atoms in total. The van der Waals surface area contributed by atoms with Crippen molar-refractivity contribution in [3.05, 3.63) is 58.4 Å². The number of aliphatic hydroxyl groups is 1. The molecule has 0 fully saturated rings. The maximum absolute atomic E-state index is 13.6. The molecule has 3 rings (SSSR count). The number of benzene rings is 2. The number of ether oxygens (including phenoxy) is 2. The predicted octanol–water partition coefficient (Wildman–Crippen LogP) is 3.91. The summed E-state index contributed by atoms with van der Waals surface area (Å²) in [5.41, 5.74) is 3.27. The van der Waals surface area contributed by atoms with Crippen molar-refractivity contribution in [2.75, 3.05) is 13.2 Å². The van der Waals surface area contributed by atoms with E-state index in [1.54, 1.807) is 12.1 Å². The molecule has 1 heterocycles. The molecule has 0 amide bonds. The fourth-order valence-corrected chi connectivity index (χ4v) is 3.45. The van der Waals surface area contributed by atoms with Gasteiger partial charge < -0.3 is 25.2 Å². The molecule has 0 bridgehead atoms.